The molecule has 0 radical (unpaired) electrons. The first-order chi connectivity index (χ1) is 12.6. The summed E-state index contributed by atoms with van der Waals surface area (Å²) in [6.45, 7) is 0. The second-order valence-corrected chi connectivity index (χ2v) is 7.51. The Morgan fingerprint density at radius 1 is 0.926 bits per heavy atom. The van der Waals surface area contributed by atoms with Gasteiger partial charge in [0, 0.05) is 12.1 Å². The first-order valence-corrected chi connectivity index (χ1v) is 9.04. The maximum absolute atomic E-state index is 11.9. The summed E-state index contributed by atoms with van der Waals surface area (Å²) in [4.78, 5) is 31.3. The summed E-state index contributed by atoms with van der Waals surface area (Å²) in [5, 5.41) is 32.5. The predicted octanol–water partition coefficient (Wildman–Crippen LogP) is 2.80. The molecular weight excluding hydrogens is 408 g/mol. The van der Waals surface area contributed by atoms with Crippen molar-refractivity contribution >= 4 is 44.2 Å². The molecule has 0 amide bonds. The fourth-order valence-corrected chi connectivity index (χ4v) is 3.28. The molecule has 2 aromatic rings. The van der Waals surface area contributed by atoms with Gasteiger partial charge in [0.2, 0.25) is 0 Å². The highest BCUT2D eigenvalue weighted by atomic mass is 35.5. The molecule has 0 saturated heterocycles. The van der Waals surface area contributed by atoms with E-state index in [-0.39, 0.29) is 10.7 Å². The number of alkyl halides is 1. The highest BCUT2D eigenvalue weighted by molar-refractivity contribution is 7.92. The molecule has 0 unspecified atom stereocenters. The van der Waals surface area contributed by atoms with Gasteiger partial charge >= 0.3 is 11.4 Å². The van der Waals surface area contributed by atoms with Crippen LogP contribution in [0, 0.1) is 30.3 Å². The van der Waals surface area contributed by atoms with E-state index in [9.17, 15) is 38.8 Å². The SMILES string of the molecule is O=[N+]([O-])c1cc(S(=O)(=O)CCl)cc([N+](=O)[O-])c1N(c1ccccc1)[N+](=O)[O-]. The van der Waals surface area contributed by atoms with Crippen molar-refractivity contribution in [3.63, 3.8) is 0 Å². The molecule has 0 saturated carbocycles. The van der Waals surface area contributed by atoms with Crippen LogP contribution in [0.4, 0.5) is 22.7 Å². The lowest BCUT2D eigenvalue weighted by atomic mass is 10.2. The van der Waals surface area contributed by atoms with E-state index < -0.39 is 51.9 Å². The monoisotopic (exact) mass is 416 g/mol. The second kappa shape index (κ2) is 7.51. The van der Waals surface area contributed by atoms with E-state index in [2.05, 4.69) is 0 Å². The average Bonchev–Trinajstić information content (AvgIpc) is 2.61. The zero-order valence-corrected chi connectivity index (χ0v) is 14.7. The van der Waals surface area contributed by atoms with Gasteiger partial charge in [-0.05, 0) is 17.1 Å². The molecule has 142 valence electrons. The Morgan fingerprint density at radius 2 is 1.41 bits per heavy atom. The minimum absolute atomic E-state index is 0.146. The van der Waals surface area contributed by atoms with Gasteiger partial charge in [0.15, 0.2) is 14.9 Å². The van der Waals surface area contributed by atoms with Crippen molar-refractivity contribution in [2.24, 2.45) is 0 Å². The largest absolute Gasteiger partial charge is 0.307 e. The fourth-order valence-electron chi connectivity index (χ4n) is 2.19. The Bertz CT molecular complexity index is 993. The molecule has 12 nitrogen and oxygen atoms in total. The molecule has 0 aromatic heterocycles. The number of nitro benzene ring substituents is 2. The Kier molecular flexibility index (Phi) is 5.56. The Morgan fingerprint density at radius 3 is 1.78 bits per heavy atom. The van der Waals surface area contributed by atoms with Crippen molar-refractivity contribution in [1.82, 2.24) is 0 Å². The lowest BCUT2D eigenvalue weighted by Gasteiger charge is -2.15. The number of hydrazine groups is 1. The third-order valence-corrected chi connectivity index (χ3v) is 5.42. The Hall–Kier alpha value is -3.32. The van der Waals surface area contributed by atoms with E-state index >= 15 is 0 Å². The molecule has 0 aliphatic rings. The molecule has 2 aromatic carbocycles. The van der Waals surface area contributed by atoms with Gasteiger partial charge in [0.25, 0.3) is 5.69 Å². The van der Waals surface area contributed by atoms with E-state index in [1.54, 1.807) is 0 Å². The summed E-state index contributed by atoms with van der Waals surface area (Å²) in [6, 6.07) is 7.70. The van der Waals surface area contributed by atoms with Gasteiger partial charge in [-0.2, -0.15) is 0 Å². The lowest BCUT2D eigenvalue weighted by Crippen LogP contribution is -2.26. The summed E-state index contributed by atoms with van der Waals surface area (Å²) in [5.41, 5.74) is -3.46. The summed E-state index contributed by atoms with van der Waals surface area (Å²) >= 11 is 5.29. The number of nitrogens with zero attached hydrogens (tertiary/aromatic N) is 4. The van der Waals surface area contributed by atoms with Crippen LogP contribution in [0.1, 0.15) is 0 Å². The van der Waals surface area contributed by atoms with Crippen LogP contribution in [-0.4, -0.2) is 28.5 Å². The number of hydrogen-bond donors (Lipinski definition) is 0. The van der Waals surface area contributed by atoms with E-state index in [1.807, 2.05) is 0 Å². The van der Waals surface area contributed by atoms with Gasteiger partial charge < -0.3 is 0 Å². The Balaban J connectivity index is 2.94. The topological polar surface area (TPSA) is 167 Å². The highest BCUT2D eigenvalue weighted by Crippen LogP contribution is 2.43. The molecule has 0 fully saturated rings. The number of para-hydroxylation sites is 1. The van der Waals surface area contributed by atoms with Crippen molar-refractivity contribution in [1.29, 1.82) is 0 Å². The zero-order chi connectivity index (χ0) is 20.4. The smallest absolute Gasteiger partial charge is 0.258 e. The summed E-state index contributed by atoms with van der Waals surface area (Å²) in [5.74, 6) is 0. The van der Waals surface area contributed by atoms with E-state index in [0.717, 1.165) is 0 Å². The number of benzene rings is 2. The lowest BCUT2D eigenvalue weighted by molar-refractivity contribution is -0.486. The molecule has 0 heterocycles. The van der Waals surface area contributed by atoms with Crippen molar-refractivity contribution in [3.8, 4) is 0 Å². The first-order valence-electron chi connectivity index (χ1n) is 6.85. The van der Waals surface area contributed by atoms with Gasteiger partial charge in [-0.3, -0.25) is 20.2 Å². The third-order valence-electron chi connectivity index (χ3n) is 3.32. The van der Waals surface area contributed by atoms with Crippen LogP contribution in [0.5, 0.6) is 0 Å². The first kappa shape index (κ1) is 20.0. The molecular formula is C13H9ClN4O8S. The number of hydrogen-bond acceptors (Lipinski definition) is 8. The number of halogens is 1. The zero-order valence-electron chi connectivity index (χ0n) is 13.1. The molecule has 0 N–H and O–H groups in total. The van der Waals surface area contributed by atoms with Gasteiger partial charge in [0.05, 0.1) is 14.7 Å². The van der Waals surface area contributed by atoms with Crippen LogP contribution in [0.25, 0.3) is 0 Å². The minimum atomic E-state index is -4.27. The normalized spacial score (nSPS) is 11.0. The summed E-state index contributed by atoms with van der Waals surface area (Å²) < 4.78 is 23.8. The third kappa shape index (κ3) is 3.93. The number of nitro groups is 3. The van der Waals surface area contributed by atoms with Crippen molar-refractivity contribution in [2.45, 2.75) is 4.90 Å². The highest BCUT2D eigenvalue weighted by Gasteiger charge is 2.39. The standard InChI is InChI=1S/C13H9ClN4O8S/c14-8-27(25,26)10-6-11(16(19)20)13(12(7-10)17(21)22)15(18(23)24)9-4-2-1-3-5-9/h1-7H,8H2. The van der Waals surface area contributed by atoms with E-state index in [0.29, 0.717) is 12.1 Å². The van der Waals surface area contributed by atoms with Crippen LogP contribution >= 0.6 is 11.6 Å². The van der Waals surface area contributed by atoms with Gasteiger partial charge in [-0.1, -0.05) is 18.2 Å². The van der Waals surface area contributed by atoms with E-state index in [4.69, 9.17) is 11.6 Å². The summed E-state index contributed by atoms with van der Waals surface area (Å²) in [6.07, 6.45) is 0. The molecule has 0 aliphatic carbocycles. The molecule has 0 bridgehead atoms. The number of sulfone groups is 1. The molecule has 27 heavy (non-hydrogen) atoms. The van der Waals surface area contributed by atoms with Crippen molar-refractivity contribution < 1.29 is 23.3 Å². The van der Waals surface area contributed by atoms with Crippen LogP contribution in [-0.2, 0) is 9.84 Å². The summed E-state index contributed by atoms with van der Waals surface area (Å²) in [7, 11) is -4.27. The van der Waals surface area contributed by atoms with Gasteiger partial charge in [0.1, 0.15) is 10.9 Å². The molecule has 2 rings (SSSR count). The van der Waals surface area contributed by atoms with Crippen molar-refractivity contribution in [3.05, 3.63) is 72.8 Å². The number of rotatable bonds is 7. The molecule has 0 aliphatic heterocycles. The minimum Gasteiger partial charge on any atom is -0.258 e. The van der Waals surface area contributed by atoms with E-state index in [1.165, 1.54) is 30.3 Å². The molecule has 0 atom stereocenters. The quantitative estimate of drug-likeness (QED) is 0.374. The van der Waals surface area contributed by atoms with Crippen LogP contribution in [0.3, 0.4) is 0 Å². The fraction of sp³-hybridized carbons (Fsp3) is 0.0769. The van der Waals surface area contributed by atoms with Gasteiger partial charge in [-0.15, -0.1) is 11.6 Å². The second-order valence-electron chi connectivity index (χ2n) is 4.93. The number of anilines is 2. The Labute approximate surface area is 155 Å². The van der Waals surface area contributed by atoms with Crippen molar-refractivity contribution in [2.75, 3.05) is 10.2 Å². The molecule has 14 heteroatoms. The predicted molar refractivity (Wildman–Crippen MR) is 93.2 cm³/mol. The van der Waals surface area contributed by atoms with Crippen LogP contribution < -0.4 is 5.01 Å². The van der Waals surface area contributed by atoms with Crippen LogP contribution in [0.2, 0.25) is 0 Å². The maximum Gasteiger partial charge on any atom is 0.307 e. The maximum atomic E-state index is 11.9. The average molecular weight is 417 g/mol. The molecule has 0 spiro atoms. The van der Waals surface area contributed by atoms with Gasteiger partial charge in [-0.25, -0.2) is 18.5 Å². The van der Waals surface area contributed by atoms with Crippen LogP contribution in [0.15, 0.2) is 47.4 Å².